The van der Waals surface area contributed by atoms with Crippen LogP contribution in [-0.2, 0) is 31.0 Å². The van der Waals surface area contributed by atoms with E-state index in [0.29, 0.717) is 40.5 Å². The summed E-state index contributed by atoms with van der Waals surface area (Å²) in [5.41, 5.74) is 8.28. The van der Waals surface area contributed by atoms with Crippen molar-refractivity contribution in [3.05, 3.63) is 106 Å². The number of sulfonamides is 1. The summed E-state index contributed by atoms with van der Waals surface area (Å²) in [5, 5.41) is 3.98. The lowest BCUT2D eigenvalue weighted by atomic mass is 10.0. The molecule has 1 fully saturated rings. The molecule has 1 aliphatic heterocycles. The van der Waals surface area contributed by atoms with Crippen LogP contribution in [0.25, 0.3) is 17.2 Å². The fourth-order valence-corrected chi connectivity index (χ4v) is 6.90. The van der Waals surface area contributed by atoms with Gasteiger partial charge in [0.25, 0.3) is 5.89 Å². The van der Waals surface area contributed by atoms with Crippen LogP contribution in [0.2, 0.25) is 10.0 Å². The highest BCUT2D eigenvalue weighted by molar-refractivity contribution is 7.88. The first-order chi connectivity index (χ1) is 24.9. The number of carbonyl (C=O) groups is 3. The summed E-state index contributed by atoms with van der Waals surface area (Å²) in [6, 6.07) is 17.7. The lowest BCUT2D eigenvalue weighted by Gasteiger charge is -2.29. The normalized spacial score (nSPS) is 17.4. The molecule has 276 valence electrons. The van der Waals surface area contributed by atoms with E-state index in [1.165, 1.54) is 4.90 Å². The number of ketones is 1. The Kier molecular flexibility index (Phi) is 13.6. The molecule has 0 bridgehead atoms. The zero-order valence-corrected chi connectivity index (χ0v) is 30.9. The van der Waals surface area contributed by atoms with Crippen LogP contribution in [0.3, 0.4) is 0 Å². The van der Waals surface area contributed by atoms with E-state index < -0.39 is 51.9 Å². The second-order valence-corrected chi connectivity index (χ2v) is 15.3. The minimum atomic E-state index is -3.85. The molecule has 5 rings (SSSR count). The molecule has 12 nitrogen and oxygen atoms in total. The van der Waals surface area contributed by atoms with Gasteiger partial charge in [-0.25, -0.2) is 18.1 Å². The molecule has 52 heavy (non-hydrogen) atoms. The first kappa shape index (κ1) is 39.1. The second-order valence-electron chi connectivity index (χ2n) is 12.6. The monoisotopic (exact) mass is 769 g/mol. The van der Waals surface area contributed by atoms with Crippen molar-refractivity contribution >= 4 is 68.0 Å². The Morgan fingerprint density at radius 2 is 1.71 bits per heavy atom. The van der Waals surface area contributed by atoms with Crippen molar-refractivity contribution in [3.63, 3.8) is 0 Å². The van der Waals surface area contributed by atoms with E-state index in [0.717, 1.165) is 17.4 Å². The van der Waals surface area contributed by atoms with E-state index in [2.05, 4.69) is 15.0 Å². The summed E-state index contributed by atoms with van der Waals surface area (Å²) in [6.45, 7) is 0.589. The lowest BCUT2D eigenvalue weighted by molar-refractivity contribution is -0.140. The standard InChI is InChI=1S/C37H41Cl2N5O7S/c1-52(48,49)43-31(10-6-7-24-12-16-26(38)17-13-24)37(47)44-22-28(50-23-25-14-18-27(39)19-15-25)21-32(44)35(46)41-30(9-4-5-20-40)34(45)36-42-29-8-2-3-11-33(29)51-36/h2-3,6-8,11-19,28,30-32,43H,4-5,9-10,20-23,40H2,1H3,(H,41,46)/b7-6+/t28-,30+,31-,32+/m1/s1. The van der Waals surface area contributed by atoms with Crippen molar-refractivity contribution < 1.29 is 32.0 Å². The van der Waals surface area contributed by atoms with Gasteiger partial charge in [0.2, 0.25) is 27.6 Å². The molecule has 0 radical (unpaired) electrons. The number of carbonyl (C=O) groups excluding carboxylic acids is 3. The fraction of sp³-hybridized carbons (Fsp3) is 0.351. The van der Waals surface area contributed by atoms with Gasteiger partial charge in [-0.3, -0.25) is 14.4 Å². The number of aromatic nitrogens is 1. The predicted octanol–water partition coefficient (Wildman–Crippen LogP) is 5.14. The molecule has 3 aromatic carbocycles. The largest absolute Gasteiger partial charge is 0.434 e. The van der Waals surface area contributed by atoms with Crippen molar-refractivity contribution in [3.8, 4) is 0 Å². The Balaban J connectivity index is 1.39. The first-order valence-electron chi connectivity index (χ1n) is 16.9. The van der Waals surface area contributed by atoms with Gasteiger partial charge in [0, 0.05) is 23.0 Å². The molecule has 1 saturated heterocycles. The number of oxazole rings is 1. The van der Waals surface area contributed by atoms with E-state index in [1.54, 1.807) is 72.8 Å². The zero-order valence-electron chi connectivity index (χ0n) is 28.5. The minimum absolute atomic E-state index is 0.00423. The van der Waals surface area contributed by atoms with Gasteiger partial charge in [-0.15, -0.1) is 0 Å². The van der Waals surface area contributed by atoms with Crippen LogP contribution in [0, 0.1) is 0 Å². The van der Waals surface area contributed by atoms with Gasteiger partial charge in [0.15, 0.2) is 5.58 Å². The molecule has 0 unspecified atom stereocenters. The third-order valence-corrected chi connectivity index (χ3v) is 9.76. The number of para-hydroxylation sites is 2. The lowest BCUT2D eigenvalue weighted by Crippen LogP contribution is -2.55. The van der Waals surface area contributed by atoms with Crippen molar-refractivity contribution in [2.45, 2.75) is 62.9 Å². The fourth-order valence-electron chi connectivity index (χ4n) is 5.93. The highest BCUT2D eigenvalue weighted by Gasteiger charge is 2.43. The number of nitrogens with two attached hydrogens (primary N) is 1. The van der Waals surface area contributed by atoms with Crippen LogP contribution in [-0.4, -0.2) is 79.5 Å². The number of hydrogen-bond acceptors (Lipinski definition) is 9. The molecule has 1 aliphatic rings. The number of Topliss-reactive ketones (excluding diaryl/α,β-unsaturated/α-hetero) is 1. The first-order valence-corrected chi connectivity index (χ1v) is 19.5. The number of hydrogen-bond donors (Lipinski definition) is 3. The van der Waals surface area contributed by atoms with Gasteiger partial charge >= 0.3 is 0 Å². The number of halogens is 2. The SMILES string of the molecule is CS(=O)(=O)N[C@H](C/C=C/c1ccc(Cl)cc1)C(=O)N1C[C@H](OCc2ccc(Cl)cc2)C[C@H]1C(=O)N[C@@H](CCCCN)C(=O)c1nc2ccccc2o1. The molecule has 1 aromatic heterocycles. The van der Waals surface area contributed by atoms with Crippen molar-refractivity contribution in [2.75, 3.05) is 19.3 Å². The Bertz CT molecular complexity index is 1950. The average molecular weight is 771 g/mol. The van der Waals surface area contributed by atoms with Crippen LogP contribution >= 0.6 is 23.2 Å². The Labute approximate surface area is 312 Å². The smallest absolute Gasteiger partial charge is 0.266 e. The molecular formula is C37H41Cl2N5O7S. The topological polar surface area (TPSA) is 174 Å². The van der Waals surface area contributed by atoms with Gasteiger partial charge < -0.3 is 25.1 Å². The maximum Gasteiger partial charge on any atom is 0.266 e. The number of ether oxygens (including phenoxy) is 1. The van der Waals surface area contributed by atoms with Crippen molar-refractivity contribution in [1.29, 1.82) is 0 Å². The molecule has 2 amide bonds. The van der Waals surface area contributed by atoms with Crippen LogP contribution in [0.1, 0.15) is 53.9 Å². The molecule has 0 aliphatic carbocycles. The highest BCUT2D eigenvalue weighted by Crippen LogP contribution is 2.25. The Morgan fingerprint density at radius 1 is 1.02 bits per heavy atom. The Hall–Kier alpha value is -4.11. The van der Waals surface area contributed by atoms with Crippen LogP contribution < -0.4 is 15.8 Å². The van der Waals surface area contributed by atoms with E-state index >= 15 is 0 Å². The number of rotatable bonds is 17. The maximum atomic E-state index is 14.2. The number of nitrogens with one attached hydrogen (secondary N) is 2. The van der Waals surface area contributed by atoms with Gasteiger partial charge in [0.1, 0.15) is 17.6 Å². The number of benzene rings is 3. The molecule has 15 heteroatoms. The van der Waals surface area contributed by atoms with Gasteiger partial charge in [-0.2, -0.15) is 0 Å². The second kappa shape index (κ2) is 18.1. The van der Waals surface area contributed by atoms with Gasteiger partial charge in [-0.1, -0.05) is 71.8 Å². The molecule has 0 spiro atoms. The molecular weight excluding hydrogens is 729 g/mol. The molecule has 4 atom stereocenters. The van der Waals surface area contributed by atoms with E-state index in [4.69, 9.17) is 38.1 Å². The van der Waals surface area contributed by atoms with E-state index in [1.807, 2.05) is 12.1 Å². The summed E-state index contributed by atoms with van der Waals surface area (Å²) >= 11 is 12.0. The molecule has 4 N–H and O–H groups in total. The van der Waals surface area contributed by atoms with Crippen LogP contribution in [0.5, 0.6) is 0 Å². The van der Waals surface area contributed by atoms with E-state index in [9.17, 15) is 22.8 Å². The average Bonchev–Trinajstić information content (AvgIpc) is 3.75. The van der Waals surface area contributed by atoms with Crippen LogP contribution in [0.15, 0.2) is 83.3 Å². The minimum Gasteiger partial charge on any atom is -0.434 e. The maximum absolute atomic E-state index is 14.2. The summed E-state index contributed by atoms with van der Waals surface area (Å²) < 4.78 is 39.2. The van der Waals surface area contributed by atoms with Gasteiger partial charge in [-0.05, 0) is 79.8 Å². The third kappa shape index (κ3) is 11.0. The number of likely N-dealkylation sites (tertiary alicyclic amines) is 1. The zero-order chi connectivity index (χ0) is 37.3. The summed E-state index contributed by atoms with van der Waals surface area (Å²) in [4.78, 5) is 47.7. The quantitative estimate of drug-likeness (QED) is 0.0971. The van der Waals surface area contributed by atoms with Crippen molar-refractivity contribution in [2.24, 2.45) is 5.73 Å². The number of fused-ring (bicyclic) bond motifs is 1. The molecule has 4 aromatic rings. The number of unbranched alkanes of at least 4 members (excludes halogenated alkanes) is 1. The summed E-state index contributed by atoms with van der Waals surface area (Å²) in [6.07, 6.45) is 5.31. The Morgan fingerprint density at radius 3 is 2.38 bits per heavy atom. The van der Waals surface area contributed by atoms with Gasteiger partial charge in [0.05, 0.1) is 25.0 Å². The van der Waals surface area contributed by atoms with Crippen LogP contribution in [0.4, 0.5) is 0 Å². The molecule has 0 saturated carbocycles. The third-order valence-electron chi connectivity index (χ3n) is 8.54. The van der Waals surface area contributed by atoms with Crippen molar-refractivity contribution in [1.82, 2.24) is 19.9 Å². The predicted molar refractivity (Wildman–Crippen MR) is 200 cm³/mol. The number of nitrogens with zero attached hydrogens (tertiary/aromatic N) is 2. The summed E-state index contributed by atoms with van der Waals surface area (Å²) in [5.74, 6) is -1.87. The highest BCUT2D eigenvalue weighted by atomic mass is 35.5. The van der Waals surface area contributed by atoms with E-state index in [-0.39, 0.29) is 38.3 Å². The number of amides is 2. The summed E-state index contributed by atoms with van der Waals surface area (Å²) in [7, 11) is -3.85. The molecule has 2 heterocycles.